The van der Waals surface area contributed by atoms with Gasteiger partial charge >= 0.3 is 0 Å². The molecule has 0 bridgehead atoms. The summed E-state index contributed by atoms with van der Waals surface area (Å²) in [7, 11) is 2.25. The number of hydrogen-bond acceptors (Lipinski definition) is 2. The van der Waals surface area contributed by atoms with Crippen LogP contribution in [0.2, 0.25) is 0 Å². The van der Waals surface area contributed by atoms with Gasteiger partial charge in [-0.3, -0.25) is 4.90 Å². The van der Waals surface area contributed by atoms with Crippen molar-refractivity contribution in [1.29, 1.82) is 0 Å². The Balaban J connectivity index is 1.98. The lowest BCUT2D eigenvalue weighted by atomic mass is 9.70. The second-order valence-electron chi connectivity index (χ2n) is 8.45. The van der Waals surface area contributed by atoms with Crippen molar-refractivity contribution in [2.24, 2.45) is 10.8 Å². The topological polar surface area (TPSA) is 23.5 Å². The smallest absolute Gasteiger partial charge is 0.0746 e. The van der Waals surface area contributed by atoms with Crippen LogP contribution in [0.4, 0.5) is 0 Å². The van der Waals surface area contributed by atoms with Crippen molar-refractivity contribution < 1.29 is 5.11 Å². The zero-order valence-corrected chi connectivity index (χ0v) is 13.6. The molecule has 2 heteroatoms. The van der Waals surface area contributed by atoms with E-state index >= 15 is 0 Å². The van der Waals surface area contributed by atoms with Gasteiger partial charge in [-0.05, 0) is 56.4 Å². The summed E-state index contributed by atoms with van der Waals surface area (Å²) in [5.74, 6) is 0. The number of rotatable bonds is 2. The van der Waals surface area contributed by atoms with E-state index in [1.807, 2.05) is 0 Å². The van der Waals surface area contributed by atoms with Crippen LogP contribution in [-0.2, 0) is 0 Å². The highest BCUT2D eigenvalue weighted by Crippen LogP contribution is 2.41. The van der Waals surface area contributed by atoms with E-state index in [9.17, 15) is 5.11 Å². The Labute approximate surface area is 119 Å². The van der Waals surface area contributed by atoms with Gasteiger partial charge in [-0.1, -0.05) is 34.1 Å². The van der Waals surface area contributed by atoms with Gasteiger partial charge in [0.1, 0.15) is 0 Å². The summed E-state index contributed by atoms with van der Waals surface area (Å²) < 4.78 is 0. The standard InChI is InChI=1S/C17H33NO/c1-16(2)11-8-13(9-12-16)18(5)14-7-6-10-17(3,4)15(14)19/h13-15,19H,6-12H2,1-5H3. The predicted octanol–water partition coefficient (Wildman–Crippen LogP) is 3.83. The maximum Gasteiger partial charge on any atom is 0.0746 e. The first-order valence-electron chi connectivity index (χ1n) is 8.13. The molecule has 2 nitrogen and oxygen atoms in total. The van der Waals surface area contributed by atoms with Gasteiger partial charge in [-0.15, -0.1) is 0 Å². The third-order valence-corrected chi connectivity index (χ3v) is 5.89. The van der Waals surface area contributed by atoms with Crippen molar-refractivity contribution in [3.8, 4) is 0 Å². The van der Waals surface area contributed by atoms with Crippen molar-refractivity contribution >= 4 is 0 Å². The first-order chi connectivity index (χ1) is 8.73. The summed E-state index contributed by atoms with van der Waals surface area (Å²) in [6, 6.07) is 1.05. The molecule has 112 valence electrons. The molecule has 0 spiro atoms. The molecular formula is C17H33NO. The van der Waals surface area contributed by atoms with E-state index in [0.29, 0.717) is 17.5 Å². The Morgan fingerprint density at radius 1 is 0.947 bits per heavy atom. The molecule has 1 N–H and O–H groups in total. The summed E-state index contributed by atoms with van der Waals surface area (Å²) >= 11 is 0. The Bertz CT molecular complexity index is 300. The molecule has 0 saturated heterocycles. The van der Waals surface area contributed by atoms with Crippen LogP contribution in [-0.4, -0.2) is 35.2 Å². The molecule has 2 atom stereocenters. The lowest BCUT2D eigenvalue weighted by molar-refractivity contribution is -0.0676. The fraction of sp³-hybridized carbons (Fsp3) is 1.00. The molecule has 0 aromatic heterocycles. The lowest BCUT2D eigenvalue weighted by Crippen LogP contribution is -2.54. The molecule has 2 fully saturated rings. The van der Waals surface area contributed by atoms with Gasteiger partial charge in [0.25, 0.3) is 0 Å². The molecule has 2 saturated carbocycles. The second kappa shape index (κ2) is 5.37. The van der Waals surface area contributed by atoms with Crippen molar-refractivity contribution in [3.63, 3.8) is 0 Å². The summed E-state index contributed by atoms with van der Waals surface area (Å²) in [6.45, 7) is 9.23. The fourth-order valence-electron chi connectivity index (χ4n) is 4.08. The maximum atomic E-state index is 10.7. The fourth-order valence-corrected chi connectivity index (χ4v) is 4.08. The minimum Gasteiger partial charge on any atom is -0.391 e. The molecule has 0 aliphatic heterocycles. The normalized spacial score (nSPS) is 35.5. The van der Waals surface area contributed by atoms with Crippen LogP contribution in [0.3, 0.4) is 0 Å². The van der Waals surface area contributed by atoms with E-state index in [-0.39, 0.29) is 11.5 Å². The molecule has 2 aliphatic rings. The number of likely N-dealkylation sites (N-methyl/N-ethyl adjacent to an activating group) is 1. The van der Waals surface area contributed by atoms with Crippen LogP contribution in [0.1, 0.15) is 72.6 Å². The van der Waals surface area contributed by atoms with Gasteiger partial charge in [0.2, 0.25) is 0 Å². The quantitative estimate of drug-likeness (QED) is 0.822. The van der Waals surface area contributed by atoms with Crippen LogP contribution in [0.25, 0.3) is 0 Å². The first kappa shape index (κ1) is 15.3. The van der Waals surface area contributed by atoms with E-state index < -0.39 is 0 Å². The third-order valence-electron chi connectivity index (χ3n) is 5.89. The maximum absolute atomic E-state index is 10.7. The highest BCUT2D eigenvalue weighted by atomic mass is 16.3. The molecule has 0 heterocycles. The highest BCUT2D eigenvalue weighted by molar-refractivity contribution is 4.95. The Hall–Kier alpha value is -0.0800. The Morgan fingerprint density at radius 3 is 2.11 bits per heavy atom. The van der Waals surface area contributed by atoms with E-state index in [1.165, 1.54) is 38.5 Å². The summed E-state index contributed by atoms with van der Waals surface area (Å²) in [5.41, 5.74) is 0.618. The number of aliphatic hydroxyl groups excluding tert-OH is 1. The molecular weight excluding hydrogens is 234 g/mol. The lowest BCUT2D eigenvalue weighted by Gasteiger charge is -2.48. The SMILES string of the molecule is CN(C1CCC(C)(C)CC1)C1CCCC(C)(C)C1O. The number of nitrogens with zero attached hydrogens (tertiary/aromatic N) is 1. The molecule has 2 unspecified atom stereocenters. The molecule has 0 aromatic carbocycles. The monoisotopic (exact) mass is 267 g/mol. The summed E-state index contributed by atoms with van der Waals surface area (Å²) in [4.78, 5) is 2.51. The molecule has 2 rings (SSSR count). The zero-order valence-electron chi connectivity index (χ0n) is 13.6. The van der Waals surface area contributed by atoms with Crippen LogP contribution in [0.15, 0.2) is 0 Å². The van der Waals surface area contributed by atoms with Gasteiger partial charge in [-0.25, -0.2) is 0 Å². The van der Waals surface area contributed by atoms with Gasteiger partial charge < -0.3 is 5.11 Å². The van der Waals surface area contributed by atoms with E-state index in [4.69, 9.17) is 0 Å². The second-order valence-corrected chi connectivity index (χ2v) is 8.45. The molecule has 2 aliphatic carbocycles. The van der Waals surface area contributed by atoms with E-state index in [1.54, 1.807) is 0 Å². The van der Waals surface area contributed by atoms with E-state index in [2.05, 4.69) is 39.6 Å². The summed E-state index contributed by atoms with van der Waals surface area (Å²) in [5, 5.41) is 10.7. The van der Waals surface area contributed by atoms with Gasteiger partial charge in [-0.2, -0.15) is 0 Å². The summed E-state index contributed by atoms with van der Waals surface area (Å²) in [6.07, 6.45) is 8.68. The first-order valence-corrected chi connectivity index (χ1v) is 8.13. The van der Waals surface area contributed by atoms with Crippen LogP contribution >= 0.6 is 0 Å². The Kier molecular flexibility index (Phi) is 4.32. The van der Waals surface area contributed by atoms with Crippen LogP contribution < -0.4 is 0 Å². The predicted molar refractivity (Wildman–Crippen MR) is 81.2 cm³/mol. The molecule has 0 radical (unpaired) electrons. The number of hydrogen-bond donors (Lipinski definition) is 1. The average Bonchev–Trinajstić information content (AvgIpc) is 2.32. The highest BCUT2D eigenvalue weighted by Gasteiger charge is 2.41. The van der Waals surface area contributed by atoms with Crippen LogP contribution in [0, 0.1) is 10.8 Å². The van der Waals surface area contributed by atoms with E-state index in [0.717, 1.165) is 6.42 Å². The van der Waals surface area contributed by atoms with Gasteiger partial charge in [0, 0.05) is 12.1 Å². The minimum atomic E-state index is -0.166. The molecule has 19 heavy (non-hydrogen) atoms. The van der Waals surface area contributed by atoms with Crippen LogP contribution in [0.5, 0.6) is 0 Å². The molecule has 0 aromatic rings. The average molecular weight is 267 g/mol. The minimum absolute atomic E-state index is 0.0884. The van der Waals surface area contributed by atoms with Gasteiger partial charge in [0.15, 0.2) is 0 Å². The van der Waals surface area contributed by atoms with Crippen molar-refractivity contribution in [2.75, 3.05) is 7.05 Å². The third kappa shape index (κ3) is 3.33. The molecule has 0 amide bonds. The number of aliphatic hydroxyl groups is 1. The van der Waals surface area contributed by atoms with Crippen molar-refractivity contribution in [1.82, 2.24) is 4.90 Å². The van der Waals surface area contributed by atoms with Crippen molar-refractivity contribution in [3.05, 3.63) is 0 Å². The zero-order chi connectivity index (χ0) is 14.3. The largest absolute Gasteiger partial charge is 0.391 e. The van der Waals surface area contributed by atoms with Crippen molar-refractivity contribution in [2.45, 2.75) is 90.8 Å². The van der Waals surface area contributed by atoms with Gasteiger partial charge in [0.05, 0.1) is 6.10 Å². The Morgan fingerprint density at radius 2 is 1.53 bits per heavy atom.